The molecule has 1 atom stereocenters. The Bertz CT molecular complexity index is 1330. The van der Waals surface area contributed by atoms with Gasteiger partial charge in [-0.05, 0) is 61.0 Å². The van der Waals surface area contributed by atoms with Crippen LogP contribution in [0.4, 0.5) is 14.9 Å². The van der Waals surface area contributed by atoms with Crippen LogP contribution in [0.25, 0.3) is 10.9 Å². The van der Waals surface area contributed by atoms with Crippen LogP contribution in [0.15, 0.2) is 72.9 Å². The number of aromatic nitrogens is 1. The van der Waals surface area contributed by atoms with Crippen molar-refractivity contribution in [2.24, 2.45) is 0 Å². The highest BCUT2D eigenvalue weighted by Gasteiger charge is 2.23. The molecule has 3 aromatic carbocycles. The number of rotatable bonds is 7. The fourth-order valence-corrected chi connectivity index (χ4v) is 3.75. The van der Waals surface area contributed by atoms with Crippen LogP contribution in [0.3, 0.4) is 0 Å². The number of ether oxygens (including phenoxy) is 3. The standard InChI is InChI=1S/C26H23FN2O5/c1-16(17-5-4-6-18(27)13-17)29(26(30)31)19-7-9-20(10-8-19)34-23-11-12-28-22-15-25(33-3)24(32-2)14-21(22)23/h4-16H,1-3H3,(H,30,31). The van der Waals surface area contributed by atoms with Crippen molar-refractivity contribution >= 4 is 22.7 Å². The highest BCUT2D eigenvalue weighted by Crippen LogP contribution is 2.37. The van der Waals surface area contributed by atoms with E-state index in [9.17, 15) is 14.3 Å². The molecule has 174 valence electrons. The van der Waals surface area contributed by atoms with Crippen LogP contribution in [-0.4, -0.2) is 30.4 Å². The number of hydrogen-bond donors (Lipinski definition) is 1. The predicted molar refractivity (Wildman–Crippen MR) is 127 cm³/mol. The number of hydrogen-bond acceptors (Lipinski definition) is 5. The van der Waals surface area contributed by atoms with E-state index in [1.165, 1.54) is 17.0 Å². The van der Waals surface area contributed by atoms with Gasteiger partial charge in [0.2, 0.25) is 0 Å². The number of methoxy groups -OCH3 is 2. The van der Waals surface area contributed by atoms with Gasteiger partial charge in [-0.2, -0.15) is 0 Å². The van der Waals surface area contributed by atoms with Gasteiger partial charge in [-0.3, -0.25) is 9.88 Å². The van der Waals surface area contributed by atoms with Gasteiger partial charge in [0.1, 0.15) is 17.3 Å². The molecule has 0 saturated heterocycles. The molecule has 7 nitrogen and oxygen atoms in total. The number of nitrogens with zero attached hydrogens (tertiary/aromatic N) is 2. The molecule has 1 amide bonds. The van der Waals surface area contributed by atoms with E-state index in [4.69, 9.17) is 14.2 Å². The predicted octanol–water partition coefficient (Wildman–Crippen LogP) is 6.43. The Hall–Kier alpha value is -4.33. The Morgan fingerprint density at radius 2 is 1.68 bits per heavy atom. The summed E-state index contributed by atoms with van der Waals surface area (Å²) in [5.74, 6) is 1.76. The zero-order valence-electron chi connectivity index (χ0n) is 18.9. The van der Waals surface area contributed by atoms with Crippen LogP contribution >= 0.6 is 0 Å². The molecular weight excluding hydrogens is 439 g/mol. The molecule has 1 unspecified atom stereocenters. The van der Waals surface area contributed by atoms with Gasteiger partial charge in [0.25, 0.3) is 0 Å². The van der Waals surface area contributed by atoms with Crippen molar-refractivity contribution in [3.63, 3.8) is 0 Å². The molecule has 0 saturated carbocycles. The highest BCUT2D eigenvalue weighted by atomic mass is 19.1. The lowest BCUT2D eigenvalue weighted by atomic mass is 10.1. The van der Waals surface area contributed by atoms with Crippen LogP contribution in [0.2, 0.25) is 0 Å². The summed E-state index contributed by atoms with van der Waals surface area (Å²) >= 11 is 0. The van der Waals surface area contributed by atoms with Crippen molar-refractivity contribution in [3.8, 4) is 23.0 Å². The first-order valence-corrected chi connectivity index (χ1v) is 10.5. The van der Waals surface area contributed by atoms with Crippen LogP contribution in [0, 0.1) is 5.82 Å². The lowest BCUT2D eigenvalue weighted by molar-refractivity contribution is 0.199. The van der Waals surface area contributed by atoms with Gasteiger partial charge in [0, 0.05) is 23.3 Å². The Labute approximate surface area is 195 Å². The summed E-state index contributed by atoms with van der Waals surface area (Å²) in [6.45, 7) is 1.71. The zero-order chi connectivity index (χ0) is 24.2. The van der Waals surface area contributed by atoms with Crippen molar-refractivity contribution < 1.29 is 28.5 Å². The highest BCUT2D eigenvalue weighted by molar-refractivity contribution is 5.89. The average molecular weight is 462 g/mol. The van der Waals surface area contributed by atoms with Gasteiger partial charge in [-0.1, -0.05) is 12.1 Å². The molecule has 4 rings (SSSR count). The SMILES string of the molecule is COc1cc2nccc(Oc3ccc(N(C(=O)O)C(C)c4cccc(F)c4)cc3)c2cc1OC. The minimum absolute atomic E-state index is 0.419. The van der Waals surface area contributed by atoms with Crippen LogP contribution in [0.5, 0.6) is 23.0 Å². The molecule has 1 heterocycles. The molecule has 4 aromatic rings. The molecule has 0 aliphatic heterocycles. The van der Waals surface area contributed by atoms with E-state index in [0.717, 1.165) is 5.39 Å². The van der Waals surface area contributed by atoms with E-state index in [2.05, 4.69) is 4.98 Å². The van der Waals surface area contributed by atoms with Gasteiger partial charge < -0.3 is 19.3 Å². The van der Waals surface area contributed by atoms with Gasteiger partial charge in [-0.25, -0.2) is 9.18 Å². The molecule has 1 aromatic heterocycles. The fraction of sp³-hybridized carbons (Fsp3) is 0.154. The van der Waals surface area contributed by atoms with E-state index >= 15 is 0 Å². The van der Waals surface area contributed by atoms with E-state index < -0.39 is 18.0 Å². The lowest BCUT2D eigenvalue weighted by Gasteiger charge is -2.27. The summed E-state index contributed by atoms with van der Waals surface area (Å²) in [7, 11) is 3.11. The monoisotopic (exact) mass is 462 g/mol. The maximum atomic E-state index is 13.7. The van der Waals surface area contributed by atoms with Gasteiger partial charge in [0.05, 0.1) is 25.8 Å². The minimum atomic E-state index is -1.15. The Balaban J connectivity index is 1.62. The second kappa shape index (κ2) is 9.66. The number of halogens is 1. The smallest absolute Gasteiger partial charge is 0.412 e. The summed E-state index contributed by atoms with van der Waals surface area (Å²) in [6.07, 6.45) is 0.483. The first-order valence-electron chi connectivity index (χ1n) is 10.5. The first-order chi connectivity index (χ1) is 16.4. The molecule has 8 heteroatoms. The molecule has 0 aliphatic rings. The average Bonchev–Trinajstić information content (AvgIpc) is 2.84. The minimum Gasteiger partial charge on any atom is -0.493 e. The second-order valence-electron chi connectivity index (χ2n) is 7.51. The summed E-state index contributed by atoms with van der Waals surface area (Å²) in [5.41, 5.74) is 1.66. The molecule has 0 spiro atoms. The largest absolute Gasteiger partial charge is 0.493 e. The van der Waals surface area contributed by atoms with Crippen LogP contribution in [0.1, 0.15) is 18.5 Å². The Kier molecular flexibility index (Phi) is 6.49. The summed E-state index contributed by atoms with van der Waals surface area (Å²) in [5, 5.41) is 10.5. The topological polar surface area (TPSA) is 81.1 Å². The zero-order valence-corrected chi connectivity index (χ0v) is 18.9. The van der Waals surface area contributed by atoms with Crippen molar-refractivity contribution in [2.75, 3.05) is 19.1 Å². The third kappa shape index (κ3) is 4.56. The quantitative estimate of drug-likeness (QED) is 0.341. The molecule has 0 radical (unpaired) electrons. The van der Waals surface area contributed by atoms with Gasteiger partial charge in [0.15, 0.2) is 11.5 Å². The van der Waals surface area contributed by atoms with Crippen molar-refractivity contribution in [1.82, 2.24) is 4.98 Å². The maximum absolute atomic E-state index is 13.7. The van der Waals surface area contributed by atoms with Crippen molar-refractivity contribution in [2.45, 2.75) is 13.0 Å². The summed E-state index contributed by atoms with van der Waals surface area (Å²) in [4.78, 5) is 17.5. The van der Waals surface area contributed by atoms with Gasteiger partial charge in [-0.15, -0.1) is 0 Å². The van der Waals surface area contributed by atoms with Crippen LogP contribution < -0.4 is 19.1 Å². The second-order valence-corrected chi connectivity index (χ2v) is 7.51. The number of amides is 1. The third-order valence-electron chi connectivity index (χ3n) is 5.47. The normalized spacial score (nSPS) is 11.6. The lowest BCUT2D eigenvalue weighted by Crippen LogP contribution is -2.32. The first kappa shape index (κ1) is 22.8. The number of carbonyl (C=O) groups is 1. The van der Waals surface area contributed by atoms with E-state index in [-0.39, 0.29) is 0 Å². The molecule has 34 heavy (non-hydrogen) atoms. The number of benzene rings is 3. The Morgan fingerprint density at radius 3 is 2.32 bits per heavy atom. The van der Waals surface area contributed by atoms with Crippen LogP contribution in [-0.2, 0) is 0 Å². The number of anilines is 1. The van der Waals surface area contributed by atoms with E-state index in [1.807, 2.05) is 0 Å². The number of pyridine rings is 1. The molecular formula is C26H23FN2O5. The molecule has 0 bridgehead atoms. The van der Waals surface area contributed by atoms with E-state index in [1.54, 1.807) is 81.9 Å². The van der Waals surface area contributed by atoms with Crippen molar-refractivity contribution in [1.29, 1.82) is 0 Å². The maximum Gasteiger partial charge on any atom is 0.412 e. The summed E-state index contributed by atoms with van der Waals surface area (Å²) < 4.78 is 30.4. The van der Waals surface area contributed by atoms with Gasteiger partial charge >= 0.3 is 6.09 Å². The summed E-state index contributed by atoms with van der Waals surface area (Å²) in [6, 6.07) is 17.2. The molecule has 1 N–H and O–H groups in total. The molecule has 0 aliphatic carbocycles. The van der Waals surface area contributed by atoms with E-state index in [0.29, 0.717) is 39.8 Å². The fourth-order valence-electron chi connectivity index (χ4n) is 3.75. The molecule has 0 fully saturated rings. The Morgan fingerprint density at radius 1 is 0.971 bits per heavy atom. The van der Waals surface area contributed by atoms with Crippen molar-refractivity contribution in [3.05, 3.63) is 84.3 Å². The third-order valence-corrected chi connectivity index (χ3v) is 5.47. The number of fused-ring (bicyclic) bond motifs is 1. The number of carboxylic acid groups (broad SMARTS) is 1.